The third-order valence-electron chi connectivity index (χ3n) is 3.61. The molecule has 3 amide bonds. The van der Waals surface area contributed by atoms with Gasteiger partial charge < -0.3 is 10.1 Å². The van der Waals surface area contributed by atoms with E-state index in [-0.39, 0.29) is 30.8 Å². The Hall–Kier alpha value is -1.30. The van der Waals surface area contributed by atoms with E-state index < -0.39 is 6.03 Å². The van der Waals surface area contributed by atoms with Gasteiger partial charge in [-0.15, -0.1) is 0 Å². The van der Waals surface area contributed by atoms with Crippen molar-refractivity contribution in [3.8, 4) is 0 Å². The molecule has 0 bridgehead atoms. The number of urea groups is 1. The van der Waals surface area contributed by atoms with Gasteiger partial charge >= 0.3 is 6.03 Å². The molecule has 0 saturated carbocycles. The number of carbonyl (C=O) groups is 2. The second kappa shape index (κ2) is 7.31. The van der Waals surface area contributed by atoms with E-state index in [1.807, 2.05) is 6.92 Å². The third kappa shape index (κ3) is 3.72. The Bertz CT molecular complexity index is 542. The number of benzene rings is 1. The number of rotatable bonds is 5. The molecule has 120 valence electrons. The standard InChI is InChI=1S/C15H18Cl2N2O3/c1-9(14-11(16)4-3-5-12(14)17)7-19-13(20)6-10(8-22-2)18-15(19)21/h3-5,9-10H,6-8H2,1-2H3,(H,18,21)/t9?,10-/m1/s1. The summed E-state index contributed by atoms with van der Waals surface area (Å²) in [6, 6.07) is 4.56. The molecule has 5 nitrogen and oxygen atoms in total. The zero-order chi connectivity index (χ0) is 16.3. The van der Waals surface area contributed by atoms with Crippen LogP contribution in [0.5, 0.6) is 0 Å². The molecule has 1 aromatic rings. The Morgan fingerprint density at radius 1 is 1.36 bits per heavy atom. The van der Waals surface area contributed by atoms with Crippen molar-refractivity contribution in [2.75, 3.05) is 20.3 Å². The lowest BCUT2D eigenvalue weighted by atomic mass is 9.99. The fourth-order valence-corrected chi connectivity index (χ4v) is 3.34. The molecule has 1 aliphatic heterocycles. The van der Waals surface area contributed by atoms with Gasteiger partial charge in [-0.25, -0.2) is 4.79 Å². The smallest absolute Gasteiger partial charge is 0.324 e. The quantitative estimate of drug-likeness (QED) is 0.892. The summed E-state index contributed by atoms with van der Waals surface area (Å²) in [5, 5.41) is 3.82. The van der Waals surface area contributed by atoms with E-state index >= 15 is 0 Å². The number of nitrogens with one attached hydrogen (secondary N) is 1. The lowest BCUT2D eigenvalue weighted by molar-refractivity contribution is -0.130. The molecular weight excluding hydrogens is 327 g/mol. The maximum atomic E-state index is 12.2. The van der Waals surface area contributed by atoms with Crippen LogP contribution in [0.3, 0.4) is 0 Å². The summed E-state index contributed by atoms with van der Waals surface area (Å²) >= 11 is 12.3. The Morgan fingerprint density at radius 2 is 2.00 bits per heavy atom. The van der Waals surface area contributed by atoms with Crippen molar-refractivity contribution >= 4 is 35.1 Å². The van der Waals surface area contributed by atoms with Crippen molar-refractivity contribution in [2.45, 2.75) is 25.3 Å². The van der Waals surface area contributed by atoms with Crippen LogP contribution in [0.1, 0.15) is 24.8 Å². The van der Waals surface area contributed by atoms with Crippen LogP contribution in [0, 0.1) is 0 Å². The Balaban J connectivity index is 2.10. The van der Waals surface area contributed by atoms with Gasteiger partial charge in [0.2, 0.25) is 5.91 Å². The van der Waals surface area contributed by atoms with E-state index in [0.717, 1.165) is 5.56 Å². The summed E-state index contributed by atoms with van der Waals surface area (Å²) in [5.74, 6) is -0.379. The lowest BCUT2D eigenvalue weighted by Gasteiger charge is -2.32. The van der Waals surface area contributed by atoms with Crippen molar-refractivity contribution in [1.29, 1.82) is 0 Å². The number of methoxy groups -OCH3 is 1. The minimum Gasteiger partial charge on any atom is -0.383 e. The van der Waals surface area contributed by atoms with Crippen LogP contribution in [0.4, 0.5) is 4.79 Å². The average molecular weight is 345 g/mol. The zero-order valence-corrected chi connectivity index (χ0v) is 13.9. The van der Waals surface area contributed by atoms with Gasteiger partial charge in [-0.2, -0.15) is 0 Å². The number of hydrogen-bond acceptors (Lipinski definition) is 3. The van der Waals surface area contributed by atoms with Crippen LogP contribution in [0.25, 0.3) is 0 Å². The van der Waals surface area contributed by atoms with Crippen LogP contribution in [-0.4, -0.2) is 43.1 Å². The number of carbonyl (C=O) groups excluding carboxylic acids is 2. The van der Waals surface area contributed by atoms with Gasteiger partial charge in [-0.3, -0.25) is 9.69 Å². The maximum absolute atomic E-state index is 12.2. The van der Waals surface area contributed by atoms with Crippen molar-refractivity contribution < 1.29 is 14.3 Å². The summed E-state index contributed by atoms with van der Waals surface area (Å²) in [5.41, 5.74) is 0.741. The molecule has 1 aromatic carbocycles. The Labute approximate surface area is 139 Å². The van der Waals surface area contributed by atoms with Gasteiger partial charge in [0.1, 0.15) is 0 Å². The number of hydrogen-bond donors (Lipinski definition) is 1. The van der Waals surface area contributed by atoms with Gasteiger partial charge in [-0.05, 0) is 17.7 Å². The van der Waals surface area contributed by atoms with Crippen LogP contribution >= 0.6 is 23.2 Å². The minimum absolute atomic E-state index is 0.158. The van der Waals surface area contributed by atoms with Gasteiger partial charge in [0.05, 0.1) is 12.6 Å². The first kappa shape index (κ1) is 17.1. The molecule has 7 heteroatoms. The first-order chi connectivity index (χ1) is 10.4. The minimum atomic E-state index is -0.409. The van der Waals surface area contributed by atoms with Crippen molar-refractivity contribution in [2.24, 2.45) is 0 Å². The Morgan fingerprint density at radius 3 is 2.55 bits per heavy atom. The molecular formula is C15H18Cl2N2O3. The van der Waals surface area contributed by atoms with E-state index in [2.05, 4.69) is 5.32 Å². The molecule has 0 spiro atoms. The molecule has 1 fully saturated rings. The summed E-state index contributed by atoms with van der Waals surface area (Å²) in [7, 11) is 1.53. The molecule has 1 N–H and O–H groups in total. The van der Waals surface area contributed by atoms with Crippen LogP contribution < -0.4 is 5.32 Å². The van der Waals surface area contributed by atoms with Crippen molar-refractivity contribution in [1.82, 2.24) is 10.2 Å². The van der Waals surface area contributed by atoms with Crippen LogP contribution in [0.2, 0.25) is 10.0 Å². The van der Waals surface area contributed by atoms with Crippen LogP contribution in [0.15, 0.2) is 18.2 Å². The predicted molar refractivity (Wildman–Crippen MR) is 85.4 cm³/mol. The molecule has 0 aromatic heterocycles. The highest BCUT2D eigenvalue weighted by Gasteiger charge is 2.33. The SMILES string of the molecule is COC[C@H]1CC(=O)N(CC(C)c2c(Cl)cccc2Cl)C(=O)N1. The van der Waals surface area contributed by atoms with Crippen LogP contribution in [-0.2, 0) is 9.53 Å². The normalized spacial score (nSPS) is 20.0. The largest absolute Gasteiger partial charge is 0.383 e. The second-order valence-corrected chi connectivity index (χ2v) is 6.16. The number of nitrogens with zero attached hydrogens (tertiary/aromatic N) is 1. The summed E-state index contributed by atoms with van der Waals surface area (Å²) in [6.07, 6.45) is 0.225. The first-order valence-corrected chi connectivity index (χ1v) is 7.73. The van der Waals surface area contributed by atoms with E-state index in [1.165, 1.54) is 12.0 Å². The van der Waals surface area contributed by atoms with Gasteiger partial charge in [0.15, 0.2) is 0 Å². The van der Waals surface area contributed by atoms with E-state index in [9.17, 15) is 9.59 Å². The highest BCUT2D eigenvalue weighted by atomic mass is 35.5. The number of imide groups is 1. The third-order valence-corrected chi connectivity index (χ3v) is 4.27. The highest BCUT2D eigenvalue weighted by Crippen LogP contribution is 2.32. The van der Waals surface area contributed by atoms with E-state index in [4.69, 9.17) is 27.9 Å². The zero-order valence-electron chi connectivity index (χ0n) is 12.4. The summed E-state index contributed by atoms with van der Waals surface area (Å²) in [6.45, 7) is 2.43. The molecule has 2 rings (SSSR count). The molecule has 0 radical (unpaired) electrons. The van der Waals surface area contributed by atoms with Gasteiger partial charge in [-0.1, -0.05) is 36.2 Å². The lowest BCUT2D eigenvalue weighted by Crippen LogP contribution is -2.56. The molecule has 2 atom stereocenters. The summed E-state index contributed by atoms with van der Waals surface area (Å²) < 4.78 is 4.97. The van der Waals surface area contributed by atoms with E-state index in [0.29, 0.717) is 16.7 Å². The second-order valence-electron chi connectivity index (χ2n) is 5.35. The van der Waals surface area contributed by atoms with E-state index in [1.54, 1.807) is 18.2 Å². The van der Waals surface area contributed by atoms with Crippen molar-refractivity contribution in [3.05, 3.63) is 33.8 Å². The molecule has 1 unspecified atom stereocenters. The van der Waals surface area contributed by atoms with Gasteiger partial charge in [0.25, 0.3) is 0 Å². The number of halogens is 2. The number of amides is 3. The molecule has 1 aliphatic rings. The molecule has 0 aliphatic carbocycles. The highest BCUT2D eigenvalue weighted by molar-refractivity contribution is 6.36. The molecule has 1 heterocycles. The average Bonchev–Trinajstić information content (AvgIpc) is 2.43. The molecule has 1 saturated heterocycles. The first-order valence-electron chi connectivity index (χ1n) is 6.97. The fraction of sp³-hybridized carbons (Fsp3) is 0.467. The maximum Gasteiger partial charge on any atom is 0.324 e. The summed E-state index contributed by atoms with van der Waals surface area (Å²) in [4.78, 5) is 25.5. The predicted octanol–water partition coefficient (Wildman–Crippen LogP) is 3.05. The fourth-order valence-electron chi connectivity index (χ4n) is 2.57. The monoisotopic (exact) mass is 344 g/mol. The Kier molecular flexibility index (Phi) is 5.67. The topological polar surface area (TPSA) is 58.6 Å². The number of ether oxygens (including phenoxy) is 1. The van der Waals surface area contributed by atoms with Gasteiger partial charge in [0, 0.05) is 36.0 Å². The molecule has 22 heavy (non-hydrogen) atoms. The van der Waals surface area contributed by atoms with Crippen molar-refractivity contribution in [3.63, 3.8) is 0 Å².